The topological polar surface area (TPSA) is 58.4 Å². The molecule has 1 rings (SSSR count). The van der Waals surface area contributed by atoms with Crippen molar-refractivity contribution < 1.29 is 4.79 Å². The zero-order valence-electron chi connectivity index (χ0n) is 13.0. The minimum atomic E-state index is 0. The Morgan fingerprint density at radius 1 is 1.29 bits per heavy atom. The fourth-order valence-electron chi connectivity index (χ4n) is 1.85. The fourth-order valence-corrected chi connectivity index (χ4v) is 1.85. The van der Waals surface area contributed by atoms with Gasteiger partial charge in [0.25, 0.3) is 0 Å². The maximum atomic E-state index is 11.6. The van der Waals surface area contributed by atoms with Crippen molar-refractivity contribution in [2.75, 3.05) is 14.1 Å². The van der Waals surface area contributed by atoms with E-state index in [0.29, 0.717) is 13.0 Å². The summed E-state index contributed by atoms with van der Waals surface area (Å²) in [6.45, 7) is 3.41. The van der Waals surface area contributed by atoms with Crippen molar-refractivity contribution in [3.63, 3.8) is 0 Å². The molecule has 0 aromatic heterocycles. The van der Waals surface area contributed by atoms with Crippen LogP contribution in [-0.4, -0.2) is 30.9 Å². The smallest absolute Gasteiger partial charge is 0.220 e. The summed E-state index contributed by atoms with van der Waals surface area (Å²) in [5, 5.41) is 2.93. The van der Waals surface area contributed by atoms with Gasteiger partial charge in [-0.1, -0.05) is 24.3 Å². The Kier molecular flexibility index (Phi) is 12.6. The second-order valence-electron chi connectivity index (χ2n) is 5.35. The Balaban J connectivity index is 0. The molecule has 1 unspecified atom stereocenters. The Hall–Kier alpha value is -0.810. The SMILES string of the molecule is CC(N)CCC(=O)NCc1cccc(CN(C)C)c1.Cl.Cl. The Morgan fingerprint density at radius 2 is 1.90 bits per heavy atom. The number of rotatable bonds is 7. The largest absolute Gasteiger partial charge is 0.352 e. The number of hydrogen-bond donors (Lipinski definition) is 2. The van der Waals surface area contributed by atoms with Gasteiger partial charge in [0, 0.05) is 25.6 Å². The standard InChI is InChI=1S/C15H25N3O.2ClH/c1-12(16)7-8-15(19)17-10-13-5-4-6-14(9-13)11-18(2)3;;/h4-6,9,12H,7-8,10-11,16H2,1-3H3,(H,17,19);2*1H. The predicted octanol–water partition coefficient (Wildman–Crippen LogP) is 2.34. The molecule has 1 aromatic rings. The molecule has 1 atom stereocenters. The summed E-state index contributed by atoms with van der Waals surface area (Å²) >= 11 is 0. The van der Waals surface area contributed by atoms with Crippen LogP contribution in [0.25, 0.3) is 0 Å². The minimum Gasteiger partial charge on any atom is -0.352 e. The predicted molar refractivity (Wildman–Crippen MR) is 93.1 cm³/mol. The van der Waals surface area contributed by atoms with E-state index in [2.05, 4.69) is 22.3 Å². The van der Waals surface area contributed by atoms with Gasteiger partial charge >= 0.3 is 0 Å². The average molecular weight is 336 g/mol. The van der Waals surface area contributed by atoms with Crippen LogP contribution in [0, 0.1) is 0 Å². The van der Waals surface area contributed by atoms with Gasteiger partial charge in [0.15, 0.2) is 0 Å². The third-order valence-corrected chi connectivity index (χ3v) is 2.81. The monoisotopic (exact) mass is 335 g/mol. The molecule has 0 aliphatic rings. The number of nitrogens with one attached hydrogen (secondary N) is 1. The van der Waals surface area contributed by atoms with Crippen LogP contribution >= 0.6 is 24.8 Å². The van der Waals surface area contributed by atoms with Crippen LogP contribution in [0.1, 0.15) is 30.9 Å². The number of nitrogens with zero attached hydrogens (tertiary/aromatic N) is 1. The summed E-state index contributed by atoms with van der Waals surface area (Å²) in [4.78, 5) is 13.7. The van der Waals surface area contributed by atoms with E-state index in [9.17, 15) is 4.79 Å². The van der Waals surface area contributed by atoms with E-state index in [-0.39, 0.29) is 36.8 Å². The molecular formula is C15H27Cl2N3O. The first kappa shape index (κ1) is 22.5. The van der Waals surface area contributed by atoms with Crippen LogP contribution in [-0.2, 0) is 17.9 Å². The lowest BCUT2D eigenvalue weighted by molar-refractivity contribution is -0.121. The van der Waals surface area contributed by atoms with Crippen molar-refractivity contribution in [2.24, 2.45) is 5.73 Å². The molecule has 122 valence electrons. The molecule has 0 saturated heterocycles. The number of carbonyl (C=O) groups is 1. The molecule has 0 fully saturated rings. The molecule has 6 heteroatoms. The minimum absolute atomic E-state index is 0. The molecule has 0 radical (unpaired) electrons. The maximum absolute atomic E-state index is 11.6. The normalized spacial score (nSPS) is 11.3. The van der Waals surface area contributed by atoms with Crippen molar-refractivity contribution in [2.45, 2.75) is 38.9 Å². The van der Waals surface area contributed by atoms with Crippen molar-refractivity contribution in [1.82, 2.24) is 10.2 Å². The Labute approximate surface area is 140 Å². The summed E-state index contributed by atoms with van der Waals surface area (Å²) in [5.74, 6) is 0.0651. The van der Waals surface area contributed by atoms with Gasteiger partial charge in [0.2, 0.25) is 5.91 Å². The second-order valence-corrected chi connectivity index (χ2v) is 5.35. The van der Waals surface area contributed by atoms with E-state index in [1.54, 1.807) is 0 Å². The summed E-state index contributed by atoms with van der Waals surface area (Å²) in [6, 6.07) is 8.37. The fraction of sp³-hybridized carbons (Fsp3) is 0.533. The lowest BCUT2D eigenvalue weighted by Crippen LogP contribution is -2.25. The highest BCUT2D eigenvalue weighted by atomic mass is 35.5. The molecule has 1 amide bonds. The van der Waals surface area contributed by atoms with Crippen LogP contribution in [0.4, 0.5) is 0 Å². The molecule has 0 heterocycles. The third-order valence-electron chi connectivity index (χ3n) is 2.81. The van der Waals surface area contributed by atoms with E-state index in [4.69, 9.17) is 5.73 Å². The quantitative estimate of drug-likeness (QED) is 0.803. The molecule has 0 saturated carbocycles. The van der Waals surface area contributed by atoms with Gasteiger partial charge in [-0.15, -0.1) is 24.8 Å². The highest BCUT2D eigenvalue weighted by molar-refractivity contribution is 5.85. The first-order valence-corrected chi connectivity index (χ1v) is 6.72. The van der Waals surface area contributed by atoms with Crippen LogP contribution in [0.3, 0.4) is 0 Å². The summed E-state index contributed by atoms with van der Waals surface area (Å²) in [6.07, 6.45) is 1.22. The molecular weight excluding hydrogens is 309 g/mol. The molecule has 0 bridgehead atoms. The number of amides is 1. The van der Waals surface area contributed by atoms with Crippen molar-refractivity contribution in [1.29, 1.82) is 0 Å². The molecule has 0 spiro atoms. The lowest BCUT2D eigenvalue weighted by Gasteiger charge is -2.11. The number of nitrogens with two attached hydrogens (primary N) is 1. The third kappa shape index (κ3) is 10.5. The number of hydrogen-bond acceptors (Lipinski definition) is 3. The number of carbonyl (C=O) groups excluding carboxylic acids is 1. The second kappa shape index (κ2) is 11.8. The number of benzene rings is 1. The maximum Gasteiger partial charge on any atom is 0.220 e. The first-order chi connectivity index (χ1) is 8.97. The molecule has 4 nitrogen and oxygen atoms in total. The van der Waals surface area contributed by atoms with E-state index >= 15 is 0 Å². The van der Waals surface area contributed by atoms with E-state index < -0.39 is 0 Å². The molecule has 0 aliphatic carbocycles. The zero-order chi connectivity index (χ0) is 14.3. The first-order valence-electron chi connectivity index (χ1n) is 6.72. The zero-order valence-corrected chi connectivity index (χ0v) is 14.6. The van der Waals surface area contributed by atoms with Gasteiger partial charge < -0.3 is 16.0 Å². The van der Waals surface area contributed by atoms with Gasteiger partial charge in [0.1, 0.15) is 0 Å². The number of halogens is 2. The molecule has 3 N–H and O–H groups in total. The van der Waals surface area contributed by atoms with E-state index in [1.807, 2.05) is 33.2 Å². The van der Waals surface area contributed by atoms with Crippen molar-refractivity contribution >= 4 is 30.7 Å². The molecule has 21 heavy (non-hydrogen) atoms. The van der Waals surface area contributed by atoms with Crippen molar-refractivity contribution in [3.8, 4) is 0 Å². The summed E-state index contributed by atoms with van der Waals surface area (Å²) < 4.78 is 0. The van der Waals surface area contributed by atoms with Gasteiger partial charge in [0.05, 0.1) is 0 Å². The van der Waals surface area contributed by atoms with Gasteiger partial charge in [-0.3, -0.25) is 4.79 Å². The van der Waals surface area contributed by atoms with Crippen LogP contribution < -0.4 is 11.1 Å². The summed E-state index contributed by atoms with van der Waals surface area (Å²) in [5.41, 5.74) is 8.02. The van der Waals surface area contributed by atoms with Crippen LogP contribution in [0.15, 0.2) is 24.3 Å². The van der Waals surface area contributed by atoms with Gasteiger partial charge in [-0.25, -0.2) is 0 Å². The van der Waals surface area contributed by atoms with Crippen LogP contribution in [0.2, 0.25) is 0 Å². The van der Waals surface area contributed by atoms with Crippen molar-refractivity contribution in [3.05, 3.63) is 35.4 Å². The highest BCUT2D eigenvalue weighted by Gasteiger charge is 2.04. The van der Waals surface area contributed by atoms with Crippen LogP contribution in [0.5, 0.6) is 0 Å². The van der Waals surface area contributed by atoms with Gasteiger partial charge in [-0.2, -0.15) is 0 Å². The van der Waals surface area contributed by atoms with E-state index in [0.717, 1.165) is 18.5 Å². The highest BCUT2D eigenvalue weighted by Crippen LogP contribution is 2.07. The van der Waals surface area contributed by atoms with E-state index in [1.165, 1.54) is 5.56 Å². The van der Waals surface area contributed by atoms with Gasteiger partial charge in [-0.05, 0) is 38.6 Å². The summed E-state index contributed by atoms with van der Waals surface area (Å²) in [7, 11) is 4.09. The Bertz CT molecular complexity index is 412. The molecule has 1 aromatic carbocycles. The average Bonchev–Trinajstić information content (AvgIpc) is 2.33. The molecule has 0 aliphatic heterocycles. The lowest BCUT2D eigenvalue weighted by atomic mass is 10.1. The Morgan fingerprint density at radius 3 is 2.48 bits per heavy atom.